The summed E-state index contributed by atoms with van der Waals surface area (Å²) in [6.45, 7) is 1.86. The van der Waals surface area contributed by atoms with Gasteiger partial charge in [-0.3, -0.25) is 0 Å². The molecule has 0 aliphatic carbocycles. The van der Waals surface area contributed by atoms with Crippen LogP contribution in [0.5, 0.6) is 0 Å². The second-order valence-corrected chi connectivity index (χ2v) is 3.16. The van der Waals surface area contributed by atoms with Gasteiger partial charge in [-0.05, 0) is 19.9 Å². The lowest BCUT2D eigenvalue weighted by Gasteiger charge is -2.33. The van der Waals surface area contributed by atoms with Crippen LogP contribution in [0, 0.1) is 0 Å². The smallest absolute Gasteiger partial charge is 0.125 e. The molecule has 2 N–H and O–H groups in total. The van der Waals surface area contributed by atoms with Crippen molar-refractivity contribution in [3.63, 3.8) is 0 Å². The highest BCUT2D eigenvalue weighted by Gasteiger charge is 2.31. The third-order valence-electron chi connectivity index (χ3n) is 2.25. The first-order chi connectivity index (χ1) is 4.66. The van der Waals surface area contributed by atoms with Crippen LogP contribution in [0.4, 0.5) is 4.39 Å². The molecule has 2 nitrogen and oxygen atoms in total. The maximum Gasteiger partial charge on any atom is 0.125 e. The minimum absolute atomic E-state index is 0. The Labute approximate surface area is 85.5 Å². The number of likely N-dealkylation sites (tertiary alicyclic amines) is 1. The predicted octanol–water partition coefficient (Wildman–Crippen LogP) is 1.22. The van der Waals surface area contributed by atoms with Crippen LogP contribution in [0.15, 0.2) is 0 Å². The van der Waals surface area contributed by atoms with Crippen molar-refractivity contribution in [3.8, 4) is 0 Å². The quantitative estimate of drug-likeness (QED) is 0.718. The Hall–Kier alpha value is 0.430. The maximum absolute atomic E-state index is 13.3. The predicted molar refractivity (Wildman–Crippen MR) is 54.1 cm³/mol. The van der Waals surface area contributed by atoms with Crippen molar-refractivity contribution >= 4 is 24.8 Å². The van der Waals surface area contributed by atoms with Gasteiger partial charge in [-0.1, -0.05) is 0 Å². The SMILES string of the molecule is CN1CCC(F)(CN)CC1.Cl.Cl. The molecule has 1 rings (SSSR count). The second kappa shape index (κ2) is 5.97. The highest BCUT2D eigenvalue weighted by Crippen LogP contribution is 2.23. The van der Waals surface area contributed by atoms with E-state index in [9.17, 15) is 4.39 Å². The lowest BCUT2D eigenvalue weighted by Crippen LogP contribution is -2.44. The van der Waals surface area contributed by atoms with Crippen LogP contribution >= 0.6 is 24.8 Å². The molecule has 0 bridgehead atoms. The molecular weight excluding hydrogens is 202 g/mol. The van der Waals surface area contributed by atoms with Crippen molar-refractivity contribution in [1.82, 2.24) is 4.90 Å². The summed E-state index contributed by atoms with van der Waals surface area (Å²) >= 11 is 0. The standard InChI is InChI=1S/C7H15FN2.2ClH/c1-10-4-2-7(8,6-9)3-5-10;;/h2-6,9H2,1H3;2*1H. The molecule has 0 saturated carbocycles. The number of hydrogen-bond acceptors (Lipinski definition) is 2. The first-order valence-corrected chi connectivity index (χ1v) is 3.74. The largest absolute Gasteiger partial charge is 0.328 e. The van der Waals surface area contributed by atoms with Gasteiger partial charge in [0.1, 0.15) is 5.67 Å². The molecule has 5 heteroatoms. The summed E-state index contributed by atoms with van der Waals surface area (Å²) in [6.07, 6.45) is 1.19. The van der Waals surface area contributed by atoms with Crippen molar-refractivity contribution in [3.05, 3.63) is 0 Å². The van der Waals surface area contributed by atoms with Gasteiger partial charge in [0.15, 0.2) is 0 Å². The van der Waals surface area contributed by atoms with Crippen LogP contribution in [-0.4, -0.2) is 37.3 Å². The van der Waals surface area contributed by atoms with Gasteiger partial charge in [-0.25, -0.2) is 4.39 Å². The van der Waals surface area contributed by atoms with Gasteiger partial charge in [0, 0.05) is 19.6 Å². The zero-order valence-electron chi connectivity index (χ0n) is 7.25. The average molecular weight is 219 g/mol. The highest BCUT2D eigenvalue weighted by atomic mass is 35.5. The average Bonchev–Trinajstić information content (AvgIpc) is 1.96. The summed E-state index contributed by atoms with van der Waals surface area (Å²) in [7, 11) is 2.01. The fourth-order valence-electron chi connectivity index (χ4n) is 1.22. The van der Waals surface area contributed by atoms with Crippen LogP contribution in [0.1, 0.15) is 12.8 Å². The summed E-state index contributed by atoms with van der Waals surface area (Å²) in [5, 5.41) is 0. The zero-order valence-corrected chi connectivity index (χ0v) is 8.89. The molecule has 1 fully saturated rings. The summed E-state index contributed by atoms with van der Waals surface area (Å²) in [5.41, 5.74) is 4.23. The number of alkyl halides is 1. The summed E-state index contributed by atoms with van der Waals surface area (Å²) in [6, 6.07) is 0. The topological polar surface area (TPSA) is 29.3 Å². The molecule has 0 radical (unpaired) electrons. The summed E-state index contributed by atoms with van der Waals surface area (Å²) < 4.78 is 13.3. The van der Waals surface area contributed by atoms with Gasteiger partial charge >= 0.3 is 0 Å². The number of halogens is 3. The minimum Gasteiger partial charge on any atom is -0.328 e. The van der Waals surface area contributed by atoms with E-state index < -0.39 is 5.67 Å². The van der Waals surface area contributed by atoms with E-state index in [0.29, 0.717) is 12.8 Å². The fraction of sp³-hybridized carbons (Fsp3) is 1.00. The van der Waals surface area contributed by atoms with E-state index in [2.05, 4.69) is 4.90 Å². The maximum atomic E-state index is 13.3. The third kappa shape index (κ3) is 3.90. The van der Waals surface area contributed by atoms with Crippen molar-refractivity contribution in [2.24, 2.45) is 5.73 Å². The van der Waals surface area contributed by atoms with E-state index in [1.54, 1.807) is 0 Å². The molecule has 0 aromatic rings. The van der Waals surface area contributed by atoms with Gasteiger partial charge in [0.05, 0.1) is 0 Å². The zero-order chi connectivity index (χ0) is 7.61. The monoisotopic (exact) mass is 218 g/mol. The second-order valence-electron chi connectivity index (χ2n) is 3.16. The number of rotatable bonds is 1. The van der Waals surface area contributed by atoms with Crippen LogP contribution in [0.2, 0.25) is 0 Å². The lowest BCUT2D eigenvalue weighted by atomic mass is 9.94. The van der Waals surface area contributed by atoms with Crippen LogP contribution in [0.3, 0.4) is 0 Å². The molecule has 1 heterocycles. The van der Waals surface area contributed by atoms with E-state index in [0.717, 1.165) is 13.1 Å². The Morgan fingerprint density at radius 1 is 1.33 bits per heavy atom. The molecule has 12 heavy (non-hydrogen) atoms. The first-order valence-electron chi connectivity index (χ1n) is 3.74. The van der Waals surface area contributed by atoms with E-state index >= 15 is 0 Å². The Balaban J connectivity index is 0. The number of hydrogen-bond donors (Lipinski definition) is 1. The van der Waals surface area contributed by atoms with Crippen LogP contribution in [0.25, 0.3) is 0 Å². The molecule has 1 aliphatic rings. The number of nitrogens with zero attached hydrogens (tertiary/aromatic N) is 1. The van der Waals surface area contributed by atoms with Crippen molar-refractivity contribution in [2.45, 2.75) is 18.5 Å². The van der Waals surface area contributed by atoms with E-state index in [4.69, 9.17) is 5.73 Å². The molecule has 1 aliphatic heterocycles. The fourth-order valence-corrected chi connectivity index (χ4v) is 1.22. The van der Waals surface area contributed by atoms with Crippen molar-refractivity contribution in [1.29, 1.82) is 0 Å². The third-order valence-corrected chi connectivity index (χ3v) is 2.25. The molecule has 0 aromatic heterocycles. The summed E-state index contributed by atoms with van der Waals surface area (Å²) in [5.74, 6) is 0. The first kappa shape index (κ1) is 14.9. The Morgan fingerprint density at radius 2 is 1.75 bits per heavy atom. The normalized spacial score (nSPS) is 22.2. The molecule has 0 unspecified atom stereocenters. The Morgan fingerprint density at radius 3 is 2.08 bits per heavy atom. The Kier molecular flexibility index (Phi) is 7.43. The Bertz CT molecular complexity index is 116. The molecule has 1 saturated heterocycles. The molecule has 76 valence electrons. The molecule has 0 spiro atoms. The van der Waals surface area contributed by atoms with Crippen LogP contribution < -0.4 is 5.73 Å². The molecule has 0 aromatic carbocycles. The van der Waals surface area contributed by atoms with Crippen molar-refractivity contribution in [2.75, 3.05) is 26.7 Å². The van der Waals surface area contributed by atoms with Crippen molar-refractivity contribution < 1.29 is 4.39 Å². The van der Waals surface area contributed by atoms with E-state index in [-0.39, 0.29) is 31.4 Å². The van der Waals surface area contributed by atoms with E-state index in [1.807, 2.05) is 7.05 Å². The van der Waals surface area contributed by atoms with Crippen LogP contribution in [-0.2, 0) is 0 Å². The number of nitrogens with two attached hydrogens (primary N) is 1. The van der Waals surface area contributed by atoms with Gasteiger partial charge < -0.3 is 10.6 Å². The molecule has 0 amide bonds. The summed E-state index contributed by atoms with van der Waals surface area (Å²) in [4.78, 5) is 2.13. The van der Waals surface area contributed by atoms with E-state index in [1.165, 1.54) is 0 Å². The molecule has 0 atom stereocenters. The van der Waals surface area contributed by atoms with Gasteiger partial charge in [0.2, 0.25) is 0 Å². The van der Waals surface area contributed by atoms with Gasteiger partial charge in [-0.2, -0.15) is 0 Å². The highest BCUT2D eigenvalue weighted by molar-refractivity contribution is 5.85. The van der Waals surface area contributed by atoms with Gasteiger partial charge in [0.25, 0.3) is 0 Å². The number of piperidine rings is 1. The lowest BCUT2D eigenvalue weighted by molar-refractivity contribution is 0.0773. The molecular formula is C7H17Cl2FN2. The minimum atomic E-state index is -1.06. The van der Waals surface area contributed by atoms with Gasteiger partial charge in [-0.15, -0.1) is 24.8 Å².